The van der Waals surface area contributed by atoms with Crippen LogP contribution in [0.2, 0.25) is 0 Å². The number of piperazine rings is 1. The van der Waals surface area contributed by atoms with Gasteiger partial charge < -0.3 is 20.4 Å². The van der Waals surface area contributed by atoms with Crippen molar-refractivity contribution in [2.45, 2.75) is 19.9 Å². The van der Waals surface area contributed by atoms with Crippen molar-refractivity contribution < 1.29 is 4.79 Å². The predicted molar refractivity (Wildman–Crippen MR) is 127 cm³/mol. The fourth-order valence-electron chi connectivity index (χ4n) is 4.04. The average Bonchev–Trinajstić information content (AvgIpc) is 2.83. The molecule has 2 aliphatic heterocycles. The fourth-order valence-corrected chi connectivity index (χ4v) is 4.04. The van der Waals surface area contributed by atoms with Gasteiger partial charge in [-0.2, -0.15) is 0 Å². The predicted octanol–water partition coefficient (Wildman–Crippen LogP) is 2.88. The van der Waals surface area contributed by atoms with Gasteiger partial charge in [0.25, 0.3) is 0 Å². The van der Waals surface area contributed by atoms with Gasteiger partial charge in [0.2, 0.25) is 5.91 Å². The molecule has 0 aromatic heterocycles. The molecule has 1 saturated heterocycles. The second kappa shape index (κ2) is 10.2. The molecule has 0 aliphatic carbocycles. The second-order valence-electron chi connectivity index (χ2n) is 7.90. The van der Waals surface area contributed by atoms with E-state index in [2.05, 4.69) is 88.0 Å². The lowest BCUT2D eigenvalue weighted by atomic mass is 10.00. The van der Waals surface area contributed by atoms with Crippen molar-refractivity contribution in [3.05, 3.63) is 71.8 Å². The van der Waals surface area contributed by atoms with Gasteiger partial charge in [-0.3, -0.25) is 4.79 Å². The molecular weight excluding hydrogens is 386 g/mol. The highest BCUT2D eigenvalue weighted by Crippen LogP contribution is 2.22. The minimum absolute atomic E-state index is 0.0845. The number of guanidine groups is 1. The van der Waals surface area contributed by atoms with Crippen LogP contribution < -0.4 is 15.5 Å². The van der Waals surface area contributed by atoms with E-state index >= 15 is 0 Å². The van der Waals surface area contributed by atoms with E-state index in [9.17, 15) is 4.79 Å². The molecule has 0 radical (unpaired) electrons. The smallest absolute Gasteiger partial charge is 0.239 e. The summed E-state index contributed by atoms with van der Waals surface area (Å²) in [5.41, 5.74) is 4.98. The van der Waals surface area contributed by atoms with Crippen molar-refractivity contribution in [2.75, 3.05) is 44.2 Å². The van der Waals surface area contributed by atoms with Gasteiger partial charge in [0, 0.05) is 38.4 Å². The molecule has 6 nitrogen and oxygen atoms in total. The van der Waals surface area contributed by atoms with E-state index in [0.29, 0.717) is 19.6 Å². The molecule has 0 bridgehead atoms. The SMILES string of the molecule is CCNC(=NCc1ccc(N2CCNC(=O)C2)cc1)N1CC=C(c2ccccc2)CC1. The molecular formula is C25H31N5O. The van der Waals surface area contributed by atoms with Crippen molar-refractivity contribution in [3.63, 3.8) is 0 Å². The Balaban J connectivity index is 1.39. The average molecular weight is 418 g/mol. The zero-order valence-electron chi connectivity index (χ0n) is 18.2. The first-order valence-corrected chi connectivity index (χ1v) is 11.1. The number of rotatable bonds is 5. The third-order valence-electron chi connectivity index (χ3n) is 5.74. The van der Waals surface area contributed by atoms with Gasteiger partial charge in [0.1, 0.15) is 0 Å². The molecule has 0 saturated carbocycles. The second-order valence-corrected chi connectivity index (χ2v) is 7.90. The van der Waals surface area contributed by atoms with Crippen LogP contribution in [0.15, 0.2) is 65.7 Å². The van der Waals surface area contributed by atoms with Crippen LogP contribution in [-0.2, 0) is 11.3 Å². The van der Waals surface area contributed by atoms with E-state index in [0.717, 1.165) is 49.8 Å². The van der Waals surface area contributed by atoms with Crippen LogP contribution in [-0.4, -0.2) is 56.0 Å². The lowest BCUT2D eigenvalue weighted by Crippen LogP contribution is -2.47. The zero-order valence-corrected chi connectivity index (χ0v) is 18.2. The van der Waals surface area contributed by atoms with E-state index in [4.69, 9.17) is 4.99 Å². The normalized spacial score (nSPS) is 17.3. The number of hydrogen-bond donors (Lipinski definition) is 2. The quantitative estimate of drug-likeness (QED) is 0.580. The molecule has 0 spiro atoms. The summed E-state index contributed by atoms with van der Waals surface area (Å²) in [5, 5.41) is 6.31. The highest BCUT2D eigenvalue weighted by atomic mass is 16.2. The van der Waals surface area contributed by atoms with Gasteiger partial charge in [0.05, 0.1) is 13.1 Å². The summed E-state index contributed by atoms with van der Waals surface area (Å²) in [5.74, 6) is 1.05. The maximum absolute atomic E-state index is 11.6. The highest BCUT2D eigenvalue weighted by molar-refractivity contribution is 5.83. The third-order valence-corrected chi connectivity index (χ3v) is 5.74. The summed E-state index contributed by atoms with van der Waals surface area (Å²) in [6, 6.07) is 19.0. The van der Waals surface area contributed by atoms with Crippen molar-refractivity contribution >= 4 is 23.1 Å². The van der Waals surface area contributed by atoms with Crippen LogP contribution in [0, 0.1) is 0 Å². The highest BCUT2D eigenvalue weighted by Gasteiger charge is 2.17. The number of hydrogen-bond acceptors (Lipinski definition) is 3. The Kier molecular flexibility index (Phi) is 6.87. The van der Waals surface area contributed by atoms with Crippen molar-refractivity contribution in [1.29, 1.82) is 0 Å². The van der Waals surface area contributed by atoms with Crippen LogP contribution in [0.5, 0.6) is 0 Å². The molecule has 2 aliphatic rings. The summed E-state index contributed by atoms with van der Waals surface area (Å²) in [7, 11) is 0. The standard InChI is InChI=1S/C25H31N5O/c1-2-26-25(29-15-12-22(13-16-29)21-6-4-3-5-7-21)28-18-20-8-10-23(11-9-20)30-17-14-27-24(31)19-30/h3-12H,2,13-19H2,1H3,(H,26,28)(H,27,31). The molecule has 0 atom stereocenters. The number of aliphatic imine (C=N–C) groups is 1. The molecule has 0 unspecified atom stereocenters. The number of carbonyl (C=O) groups is 1. The first-order chi connectivity index (χ1) is 15.2. The van der Waals surface area contributed by atoms with Crippen LogP contribution in [0.1, 0.15) is 24.5 Å². The lowest BCUT2D eigenvalue weighted by Gasteiger charge is -2.30. The maximum Gasteiger partial charge on any atom is 0.239 e. The van der Waals surface area contributed by atoms with Gasteiger partial charge in [-0.15, -0.1) is 0 Å². The van der Waals surface area contributed by atoms with E-state index in [1.807, 2.05) is 0 Å². The number of nitrogens with one attached hydrogen (secondary N) is 2. The summed E-state index contributed by atoms with van der Waals surface area (Å²) < 4.78 is 0. The van der Waals surface area contributed by atoms with Crippen LogP contribution >= 0.6 is 0 Å². The van der Waals surface area contributed by atoms with E-state index in [1.54, 1.807) is 0 Å². The maximum atomic E-state index is 11.6. The molecule has 4 rings (SSSR count). The number of amides is 1. The van der Waals surface area contributed by atoms with E-state index < -0.39 is 0 Å². The Morgan fingerprint density at radius 1 is 1.10 bits per heavy atom. The Bertz CT molecular complexity index is 936. The molecule has 1 fully saturated rings. The molecule has 31 heavy (non-hydrogen) atoms. The molecule has 2 aromatic carbocycles. The number of nitrogens with zero attached hydrogens (tertiary/aromatic N) is 3. The topological polar surface area (TPSA) is 60.0 Å². The van der Waals surface area contributed by atoms with Crippen LogP contribution in [0.4, 0.5) is 5.69 Å². The lowest BCUT2D eigenvalue weighted by molar-refractivity contribution is -0.120. The van der Waals surface area contributed by atoms with Gasteiger partial charge in [0.15, 0.2) is 5.96 Å². The molecule has 162 valence electrons. The first-order valence-electron chi connectivity index (χ1n) is 11.1. The molecule has 1 amide bonds. The van der Waals surface area contributed by atoms with Gasteiger partial charge in [-0.1, -0.05) is 48.5 Å². The Hall–Kier alpha value is -3.28. The van der Waals surface area contributed by atoms with Gasteiger partial charge in [-0.25, -0.2) is 4.99 Å². The van der Waals surface area contributed by atoms with Gasteiger partial charge in [-0.05, 0) is 42.2 Å². The third kappa shape index (κ3) is 5.45. The number of benzene rings is 2. The molecule has 2 heterocycles. The number of carbonyl (C=O) groups excluding carboxylic acids is 1. The Morgan fingerprint density at radius 3 is 2.58 bits per heavy atom. The van der Waals surface area contributed by atoms with E-state index in [1.165, 1.54) is 11.1 Å². The molecule has 2 aromatic rings. The van der Waals surface area contributed by atoms with Crippen molar-refractivity contribution in [1.82, 2.24) is 15.5 Å². The minimum Gasteiger partial charge on any atom is -0.360 e. The molecule has 2 N–H and O–H groups in total. The van der Waals surface area contributed by atoms with E-state index in [-0.39, 0.29) is 5.91 Å². The Labute approximate surface area is 184 Å². The minimum atomic E-state index is 0.0845. The largest absolute Gasteiger partial charge is 0.360 e. The van der Waals surface area contributed by atoms with Crippen LogP contribution in [0.25, 0.3) is 5.57 Å². The van der Waals surface area contributed by atoms with Crippen molar-refractivity contribution in [2.24, 2.45) is 4.99 Å². The summed E-state index contributed by atoms with van der Waals surface area (Å²) in [6.07, 6.45) is 3.34. The number of anilines is 1. The first kappa shape index (κ1) is 21.0. The van der Waals surface area contributed by atoms with Crippen LogP contribution in [0.3, 0.4) is 0 Å². The summed E-state index contributed by atoms with van der Waals surface area (Å²) in [6.45, 7) is 7.39. The Morgan fingerprint density at radius 2 is 1.90 bits per heavy atom. The molecule has 6 heteroatoms. The summed E-state index contributed by atoms with van der Waals surface area (Å²) in [4.78, 5) is 20.9. The zero-order chi connectivity index (χ0) is 21.5. The van der Waals surface area contributed by atoms with Gasteiger partial charge >= 0.3 is 0 Å². The fraction of sp³-hybridized carbons (Fsp3) is 0.360. The monoisotopic (exact) mass is 417 g/mol. The van der Waals surface area contributed by atoms with Crippen molar-refractivity contribution in [3.8, 4) is 0 Å². The summed E-state index contributed by atoms with van der Waals surface area (Å²) >= 11 is 0.